The van der Waals surface area contributed by atoms with Gasteiger partial charge in [-0.2, -0.15) is 5.10 Å². The Hall–Kier alpha value is -2.70. The van der Waals surface area contributed by atoms with Gasteiger partial charge in [0.2, 0.25) is 11.8 Å². The van der Waals surface area contributed by atoms with Crippen molar-refractivity contribution in [3.63, 3.8) is 0 Å². The summed E-state index contributed by atoms with van der Waals surface area (Å²) in [4.78, 5) is 25.6. The van der Waals surface area contributed by atoms with Crippen molar-refractivity contribution >= 4 is 11.8 Å². The molecule has 2 aliphatic rings. The van der Waals surface area contributed by atoms with Crippen molar-refractivity contribution in [2.24, 2.45) is 0 Å². The molecular weight excluding hydrogens is 323 g/mol. The smallest absolute Gasteiger partial charge is 0.225 e. The minimum atomic E-state index is -0.259. The fourth-order valence-corrected chi connectivity index (χ4v) is 3.45. The van der Waals surface area contributed by atoms with E-state index in [4.69, 9.17) is 0 Å². The summed E-state index contributed by atoms with van der Waals surface area (Å²) in [6.07, 6.45) is 3.37. The van der Waals surface area contributed by atoms with E-state index in [1.165, 1.54) is 12.1 Å². The Balaban J connectivity index is 1.41. The van der Waals surface area contributed by atoms with Gasteiger partial charge in [0.25, 0.3) is 0 Å². The highest BCUT2D eigenvalue weighted by Gasteiger charge is 2.30. The molecular formula is C18H19FN4O2. The summed E-state index contributed by atoms with van der Waals surface area (Å²) in [5.41, 5.74) is 3.03. The summed E-state index contributed by atoms with van der Waals surface area (Å²) < 4.78 is 14.9. The van der Waals surface area contributed by atoms with Gasteiger partial charge in [0.15, 0.2) is 0 Å². The highest BCUT2D eigenvalue weighted by atomic mass is 19.1. The molecule has 0 bridgehead atoms. The quantitative estimate of drug-likeness (QED) is 0.917. The Bertz CT molecular complexity index is 815. The summed E-state index contributed by atoms with van der Waals surface area (Å²) in [5.74, 6) is -0.181. The molecule has 3 heterocycles. The number of hydrogen-bond donors (Lipinski definition) is 1. The van der Waals surface area contributed by atoms with Crippen LogP contribution in [0.4, 0.5) is 4.39 Å². The Morgan fingerprint density at radius 3 is 2.80 bits per heavy atom. The van der Waals surface area contributed by atoms with Gasteiger partial charge in [-0.25, -0.2) is 4.39 Å². The number of nitrogens with zero attached hydrogens (tertiary/aromatic N) is 3. The van der Waals surface area contributed by atoms with Gasteiger partial charge in [-0.15, -0.1) is 0 Å². The maximum Gasteiger partial charge on any atom is 0.225 e. The molecule has 1 saturated heterocycles. The number of amides is 2. The fourth-order valence-electron chi connectivity index (χ4n) is 3.45. The van der Waals surface area contributed by atoms with Crippen molar-refractivity contribution in [3.8, 4) is 0 Å². The zero-order chi connectivity index (χ0) is 17.4. The number of hydrogen-bond acceptors (Lipinski definition) is 3. The van der Waals surface area contributed by atoms with E-state index in [-0.39, 0.29) is 23.7 Å². The third-order valence-electron chi connectivity index (χ3n) is 4.84. The molecule has 130 valence electrons. The van der Waals surface area contributed by atoms with Gasteiger partial charge < -0.3 is 10.2 Å². The van der Waals surface area contributed by atoms with Crippen molar-refractivity contribution in [2.75, 3.05) is 0 Å². The standard InChI is InChI=1S/C18H19FN4O2/c19-14-3-1-12(2-4-14)9-23-16-11-22(10-13(16)8-20-23)18(25)7-15-5-6-17(24)21-15/h1-4,8,15H,5-7,9-11H2,(H,21,24)/t15-/m1/s1. The molecule has 4 rings (SSSR count). The first-order valence-electron chi connectivity index (χ1n) is 8.43. The molecule has 2 amide bonds. The van der Waals surface area contributed by atoms with Crippen LogP contribution in [-0.4, -0.2) is 32.5 Å². The second kappa shape index (κ2) is 6.31. The molecule has 0 saturated carbocycles. The van der Waals surface area contributed by atoms with E-state index in [2.05, 4.69) is 10.4 Å². The second-order valence-corrected chi connectivity index (χ2v) is 6.66. The van der Waals surface area contributed by atoms with E-state index < -0.39 is 0 Å². The van der Waals surface area contributed by atoms with Crippen LogP contribution in [0, 0.1) is 5.82 Å². The number of halogens is 1. The summed E-state index contributed by atoms with van der Waals surface area (Å²) in [6.45, 7) is 1.63. The summed E-state index contributed by atoms with van der Waals surface area (Å²) in [5, 5.41) is 7.23. The van der Waals surface area contributed by atoms with E-state index >= 15 is 0 Å². The van der Waals surface area contributed by atoms with Crippen LogP contribution in [0.15, 0.2) is 30.5 Å². The predicted molar refractivity (Wildman–Crippen MR) is 87.8 cm³/mol. The second-order valence-electron chi connectivity index (χ2n) is 6.66. The molecule has 6 nitrogen and oxygen atoms in total. The van der Waals surface area contributed by atoms with Crippen LogP contribution in [0.5, 0.6) is 0 Å². The Morgan fingerprint density at radius 1 is 1.28 bits per heavy atom. The van der Waals surface area contributed by atoms with Crippen molar-refractivity contribution in [3.05, 3.63) is 53.1 Å². The van der Waals surface area contributed by atoms with E-state index in [0.29, 0.717) is 32.5 Å². The summed E-state index contributed by atoms with van der Waals surface area (Å²) >= 11 is 0. The molecule has 2 aromatic rings. The molecule has 0 radical (unpaired) electrons. The Morgan fingerprint density at radius 2 is 2.08 bits per heavy atom. The number of aromatic nitrogens is 2. The molecule has 1 fully saturated rings. The van der Waals surface area contributed by atoms with Gasteiger partial charge in [0.05, 0.1) is 25.0 Å². The van der Waals surface area contributed by atoms with Gasteiger partial charge >= 0.3 is 0 Å². The molecule has 1 aromatic carbocycles. The lowest BCUT2D eigenvalue weighted by Gasteiger charge is -2.18. The van der Waals surface area contributed by atoms with Crippen LogP contribution < -0.4 is 5.32 Å². The van der Waals surface area contributed by atoms with E-state index in [9.17, 15) is 14.0 Å². The van der Waals surface area contributed by atoms with Gasteiger partial charge in [-0.05, 0) is 24.1 Å². The molecule has 1 atom stereocenters. The average Bonchev–Trinajstić information content (AvgIpc) is 3.27. The highest BCUT2D eigenvalue weighted by molar-refractivity contribution is 5.82. The van der Waals surface area contributed by atoms with E-state index in [1.54, 1.807) is 23.2 Å². The Labute approximate surface area is 144 Å². The Kier molecular flexibility index (Phi) is 3.99. The molecule has 1 aromatic heterocycles. The lowest BCUT2D eigenvalue weighted by Crippen LogP contribution is -2.34. The minimum absolute atomic E-state index is 0.0254. The third kappa shape index (κ3) is 3.26. The van der Waals surface area contributed by atoms with Crippen LogP contribution in [0.2, 0.25) is 0 Å². The lowest BCUT2D eigenvalue weighted by atomic mass is 10.1. The molecule has 0 unspecified atom stereocenters. The number of rotatable bonds is 4. The van der Waals surface area contributed by atoms with Gasteiger partial charge in [-0.1, -0.05) is 12.1 Å². The number of benzene rings is 1. The van der Waals surface area contributed by atoms with Gasteiger partial charge in [-0.3, -0.25) is 14.3 Å². The molecule has 7 heteroatoms. The van der Waals surface area contributed by atoms with Gasteiger partial charge in [0.1, 0.15) is 5.82 Å². The molecule has 0 aliphatic carbocycles. The maximum absolute atomic E-state index is 13.0. The first-order chi connectivity index (χ1) is 12.1. The SMILES string of the molecule is O=C1CC[C@H](CC(=O)N2Cc3cnn(Cc4ccc(F)cc4)c3C2)N1. The largest absolute Gasteiger partial charge is 0.353 e. The summed E-state index contributed by atoms with van der Waals surface area (Å²) in [6, 6.07) is 6.31. The van der Waals surface area contributed by atoms with Crippen LogP contribution in [0.3, 0.4) is 0 Å². The fraction of sp³-hybridized carbons (Fsp3) is 0.389. The number of carbonyl (C=O) groups excluding carboxylic acids is 2. The number of nitrogens with one attached hydrogen (secondary N) is 1. The van der Waals surface area contributed by atoms with Crippen LogP contribution in [0.25, 0.3) is 0 Å². The minimum Gasteiger partial charge on any atom is -0.353 e. The monoisotopic (exact) mass is 342 g/mol. The van der Waals surface area contributed by atoms with E-state index in [0.717, 1.165) is 23.2 Å². The molecule has 2 aliphatic heterocycles. The van der Waals surface area contributed by atoms with Crippen molar-refractivity contribution in [1.82, 2.24) is 20.0 Å². The van der Waals surface area contributed by atoms with Crippen molar-refractivity contribution < 1.29 is 14.0 Å². The van der Waals surface area contributed by atoms with Crippen LogP contribution >= 0.6 is 0 Å². The normalized spacial score (nSPS) is 19.2. The highest BCUT2D eigenvalue weighted by Crippen LogP contribution is 2.25. The molecule has 0 spiro atoms. The predicted octanol–water partition coefficient (Wildman–Crippen LogP) is 1.58. The first-order valence-corrected chi connectivity index (χ1v) is 8.43. The number of carbonyl (C=O) groups is 2. The zero-order valence-electron chi connectivity index (χ0n) is 13.7. The third-order valence-corrected chi connectivity index (χ3v) is 4.84. The van der Waals surface area contributed by atoms with Crippen molar-refractivity contribution in [2.45, 2.75) is 44.9 Å². The topological polar surface area (TPSA) is 67.2 Å². The number of fused-ring (bicyclic) bond motifs is 1. The van der Waals surface area contributed by atoms with Crippen LogP contribution in [0.1, 0.15) is 36.1 Å². The summed E-state index contributed by atoms with van der Waals surface area (Å²) in [7, 11) is 0. The van der Waals surface area contributed by atoms with Gasteiger partial charge in [0, 0.05) is 31.0 Å². The lowest BCUT2D eigenvalue weighted by molar-refractivity contribution is -0.132. The van der Waals surface area contributed by atoms with Crippen LogP contribution in [-0.2, 0) is 29.2 Å². The maximum atomic E-state index is 13.0. The first kappa shape index (κ1) is 15.8. The molecule has 25 heavy (non-hydrogen) atoms. The average molecular weight is 342 g/mol. The molecule has 1 N–H and O–H groups in total. The van der Waals surface area contributed by atoms with Crippen molar-refractivity contribution in [1.29, 1.82) is 0 Å². The van der Waals surface area contributed by atoms with E-state index in [1.807, 2.05) is 4.68 Å². The zero-order valence-corrected chi connectivity index (χ0v) is 13.7.